The molecular weight excluding hydrogens is 230 g/mol. The number of nitrogens with zero attached hydrogens (tertiary/aromatic N) is 1. The number of nitrogens with one attached hydrogen (secondary N) is 2. The Morgan fingerprint density at radius 3 is 2.61 bits per heavy atom. The molecule has 1 amide bonds. The minimum atomic E-state index is -0.291. The number of hydrogen-bond acceptors (Lipinski definition) is 4. The third-order valence-corrected chi connectivity index (χ3v) is 4.16. The van der Waals surface area contributed by atoms with Gasteiger partial charge in [-0.1, -0.05) is 0 Å². The van der Waals surface area contributed by atoms with Crippen molar-refractivity contribution in [3.63, 3.8) is 0 Å². The van der Waals surface area contributed by atoms with Crippen molar-refractivity contribution < 1.29 is 9.53 Å². The van der Waals surface area contributed by atoms with E-state index < -0.39 is 0 Å². The monoisotopic (exact) mass is 253 g/mol. The standard InChI is InChI=1S/C13H23N3O2/c17-13(12-9-14-5-8-18-12)15-10-3-6-16(7-4-10)11-1-2-11/h10-12,14H,1-9H2,(H,15,17). The molecule has 0 spiro atoms. The lowest BCUT2D eigenvalue weighted by molar-refractivity contribution is -0.135. The number of ether oxygens (including phenoxy) is 1. The van der Waals surface area contributed by atoms with Crippen LogP contribution in [0.4, 0.5) is 0 Å². The number of piperidine rings is 1. The van der Waals surface area contributed by atoms with E-state index >= 15 is 0 Å². The van der Waals surface area contributed by atoms with Crippen LogP contribution in [0, 0.1) is 0 Å². The number of amides is 1. The molecule has 0 radical (unpaired) electrons. The molecule has 1 atom stereocenters. The molecular formula is C13H23N3O2. The van der Waals surface area contributed by atoms with Crippen LogP contribution < -0.4 is 10.6 Å². The zero-order valence-electron chi connectivity index (χ0n) is 10.9. The molecule has 5 heteroatoms. The number of morpholine rings is 1. The maximum atomic E-state index is 12.0. The Labute approximate surface area is 108 Å². The molecule has 5 nitrogen and oxygen atoms in total. The molecule has 2 saturated heterocycles. The van der Waals surface area contributed by atoms with Crippen molar-refractivity contribution >= 4 is 5.91 Å². The Hall–Kier alpha value is -0.650. The SMILES string of the molecule is O=C(NC1CCN(C2CC2)CC1)C1CNCCO1. The Morgan fingerprint density at radius 1 is 1.22 bits per heavy atom. The van der Waals surface area contributed by atoms with Gasteiger partial charge in [0.2, 0.25) is 0 Å². The number of rotatable bonds is 3. The summed E-state index contributed by atoms with van der Waals surface area (Å²) in [5.41, 5.74) is 0. The maximum Gasteiger partial charge on any atom is 0.250 e. The van der Waals surface area contributed by atoms with Crippen LogP contribution in [0.25, 0.3) is 0 Å². The van der Waals surface area contributed by atoms with Gasteiger partial charge in [0.25, 0.3) is 5.91 Å². The second kappa shape index (κ2) is 5.55. The van der Waals surface area contributed by atoms with Crippen molar-refractivity contribution in [1.82, 2.24) is 15.5 Å². The minimum Gasteiger partial charge on any atom is -0.366 e. The summed E-state index contributed by atoms with van der Waals surface area (Å²) in [5.74, 6) is 0.0621. The van der Waals surface area contributed by atoms with Gasteiger partial charge in [0.15, 0.2) is 0 Å². The molecule has 1 saturated carbocycles. The lowest BCUT2D eigenvalue weighted by Gasteiger charge is -2.33. The second-order valence-electron chi connectivity index (χ2n) is 5.61. The highest BCUT2D eigenvalue weighted by molar-refractivity contribution is 5.81. The van der Waals surface area contributed by atoms with Gasteiger partial charge in [-0.15, -0.1) is 0 Å². The molecule has 18 heavy (non-hydrogen) atoms. The van der Waals surface area contributed by atoms with Crippen molar-refractivity contribution in [3.8, 4) is 0 Å². The van der Waals surface area contributed by atoms with Crippen LogP contribution in [0.1, 0.15) is 25.7 Å². The van der Waals surface area contributed by atoms with Crippen LogP contribution in [0.3, 0.4) is 0 Å². The summed E-state index contributed by atoms with van der Waals surface area (Å²) >= 11 is 0. The van der Waals surface area contributed by atoms with Crippen LogP contribution in [-0.4, -0.2) is 61.8 Å². The van der Waals surface area contributed by atoms with Crippen molar-refractivity contribution in [3.05, 3.63) is 0 Å². The molecule has 3 rings (SSSR count). The molecule has 3 fully saturated rings. The molecule has 0 aromatic rings. The number of carbonyl (C=O) groups excluding carboxylic acids is 1. The third-order valence-electron chi connectivity index (χ3n) is 4.16. The quantitative estimate of drug-likeness (QED) is 0.726. The Balaban J connectivity index is 1.41. The Bertz CT molecular complexity index is 293. The average molecular weight is 253 g/mol. The summed E-state index contributed by atoms with van der Waals surface area (Å²) in [6, 6.07) is 1.20. The van der Waals surface area contributed by atoms with Gasteiger partial charge >= 0.3 is 0 Å². The first-order valence-corrected chi connectivity index (χ1v) is 7.19. The number of likely N-dealkylation sites (tertiary alicyclic amines) is 1. The molecule has 2 aliphatic heterocycles. The van der Waals surface area contributed by atoms with E-state index in [0.29, 0.717) is 19.2 Å². The highest BCUT2D eigenvalue weighted by atomic mass is 16.5. The van der Waals surface area contributed by atoms with Crippen molar-refractivity contribution in [2.24, 2.45) is 0 Å². The van der Waals surface area contributed by atoms with Crippen LogP contribution in [0.5, 0.6) is 0 Å². The largest absolute Gasteiger partial charge is 0.366 e. The summed E-state index contributed by atoms with van der Waals surface area (Å²) in [4.78, 5) is 14.6. The molecule has 1 unspecified atom stereocenters. The average Bonchev–Trinajstić information content (AvgIpc) is 3.25. The topological polar surface area (TPSA) is 53.6 Å². The predicted molar refractivity (Wildman–Crippen MR) is 68.4 cm³/mol. The van der Waals surface area contributed by atoms with Crippen LogP contribution >= 0.6 is 0 Å². The zero-order chi connectivity index (χ0) is 12.4. The van der Waals surface area contributed by atoms with Gasteiger partial charge in [-0.2, -0.15) is 0 Å². The van der Waals surface area contributed by atoms with E-state index in [1.807, 2.05) is 0 Å². The summed E-state index contributed by atoms with van der Waals surface area (Å²) in [7, 11) is 0. The van der Waals surface area contributed by atoms with Crippen LogP contribution in [-0.2, 0) is 9.53 Å². The maximum absolute atomic E-state index is 12.0. The lowest BCUT2D eigenvalue weighted by Crippen LogP contribution is -2.52. The second-order valence-corrected chi connectivity index (χ2v) is 5.61. The van der Waals surface area contributed by atoms with E-state index in [1.165, 1.54) is 12.8 Å². The van der Waals surface area contributed by atoms with E-state index in [4.69, 9.17) is 4.74 Å². The van der Waals surface area contributed by atoms with Gasteiger partial charge in [-0.25, -0.2) is 0 Å². The van der Waals surface area contributed by atoms with E-state index in [-0.39, 0.29) is 12.0 Å². The highest BCUT2D eigenvalue weighted by Gasteiger charge is 2.32. The molecule has 2 heterocycles. The van der Waals surface area contributed by atoms with Gasteiger partial charge < -0.3 is 20.3 Å². The summed E-state index contributed by atoms with van der Waals surface area (Å²) in [6.45, 7) is 4.41. The fourth-order valence-corrected chi connectivity index (χ4v) is 2.88. The first-order chi connectivity index (χ1) is 8.83. The number of carbonyl (C=O) groups is 1. The molecule has 2 N–H and O–H groups in total. The fraction of sp³-hybridized carbons (Fsp3) is 0.923. The summed E-state index contributed by atoms with van der Waals surface area (Å²) in [5, 5.41) is 6.33. The fourth-order valence-electron chi connectivity index (χ4n) is 2.88. The molecule has 0 aromatic heterocycles. The van der Waals surface area contributed by atoms with E-state index in [0.717, 1.165) is 38.5 Å². The van der Waals surface area contributed by atoms with Crippen molar-refractivity contribution in [1.29, 1.82) is 0 Å². The summed E-state index contributed by atoms with van der Waals surface area (Å²) in [6.07, 6.45) is 4.63. The molecule has 3 aliphatic rings. The molecule has 1 aliphatic carbocycles. The smallest absolute Gasteiger partial charge is 0.250 e. The zero-order valence-corrected chi connectivity index (χ0v) is 10.9. The van der Waals surface area contributed by atoms with Crippen molar-refractivity contribution in [2.75, 3.05) is 32.8 Å². The van der Waals surface area contributed by atoms with Gasteiger partial charge in [-0.3, -0.25) is 4.79 Å². The first kappa shape index (κ1) is 12.4. The lowest BCUT2D eigenvalue weighted by atomic mass is 10.0. The Kier molecular flexibility index (Phi) is 3.82. The summed E-state index contributed by atoms with van der Waals surface area (Å²) < 4.78 is 5.47. The van der Waals surface area contributed by atoms with Gasteiger partial charge in [0.05, 0.1) is 6.61 Å². The van der Waals surface area contributed by atoms with Crippen molar-refractivity contribution in [2.45, 2.75) is 43.9 Å². The van der Waals surface area contributed by atoms with E-state index in [9.17, 15) is 4.79 Å². The highest BCUT2D eigenvalue weighted by Crippen LogP contribution is 2.29. The first-order valence-electron chi connectivity index (χ1n) is 7.19. The van der Waals surface area contributed by atoms with E-state index in [1.54, 1.807) is 0 Å². The molecule has 102 valence electrons. The van der Waals surface area contributed by atoms with Gasteiger partial charge in [-0.05, 0) is 25.7 Å². The molecule has 0 aromatic carbocycles. The predicted octanol–water partition coefficient (Wildman–Crippen LogP) is -0.282. The van der Waals surface area contributed by atoms with Gasteiger partial charge in [0.1, 0.15) is 6.10 Å². The Morgan fingerprint density at radius 2 is 2.00 bits per heavy atom. The third kappa shape index (κ3) is 3.02. The molecule has 0 bridgehead atoms. The van der Waals surface area contributed by atoms with Gasteiger partial charge in [0, 0.05) is 38.3 Å². The minimum absolute atomic E-state index is 0.0621. The van der Waals surface area contributed by atoms with E-state index in [2.05, 4.69) is 15.5 Å². The normalized spacial score (nSPS) is 31.2. The van der Waals surface area contributed by atoms with Crippen LogP contribution in [0.15, 0.2) is 0 Å². The number of hydrogen-bond donors (Lipinski definition) is 2. The van der Waals surface area contributed by atoms with Crippen LogP contribution in [0.2, 0.25) is 0 Å².